The van der Waals surface area contributed by atoms with Crippen LogP contribution in [0.25, 0.3) is 20.5 Å². The highest BCUT2D eigenvalue weighted by Crippen LogP contribution is 2.42. The topological polar surface area (TPSA) is 29.1 Å². The number of amides is 1. The second-order valence-corrected chi connectivity index (χ2v) is 5.67. The van der Waals surface area contributed by atoms with Gasteiger partial charge in [-0.3, -0.25) is 4.79 Å². The maximum atomic E-state index is 11.7. The number of alkyl halides is 1. The Kier molecular flexibility index (Phi) is 3.72. The molecule has 1 N–H and O–H groups in total. The molecule has 0 spiro atoms. The first-order valence-corrected chi connectivity index (χ1v) is 7.57. The summed E-state index contributed by atoms with van der Waals surface area (Å²) in [6.07, 6.45) is 0. The summed E-state index contributed by atoms with van der Waals surface area (Å²) in [5, 5.41) is 3.97. The molecule has 0 aliphatic carbocycles. The van der Waals surface area contributed by atoms with Gasteiger partial charge >= 0.3 is 0 Å². The van der Waals surface area contributed by atoms with Crippen molar-refractivity contribution in [3.05, 3.63) is 54.6 Å². The van der Waals surface area contributed by atoms with E-state index in [1.807, 2.05) is 48.5 Å². The van der Waals surface area contributed by atoms with Crippen LogP contribution in [0.15, 0.2) is 54.6 Å². The van der Waals surface area contributed by atoms with E-state index < -0.39 is 0 Å². The average Bonchev–Trinajstić information content (AvgIpc) is 2.87. The summed E-state index contributed by atoms with van der Waals surface area (Å²) in [4.78, 5) is 12.7. The van der Waals surface area contributed by atoms with Crippen LogP contribution in [0, 0.1) is 0 Å². The third kappa shape index (κ3) is 2.42. The molecule has 100 valence electrons. The lowest BCUT2D eigenvalue weighted by molar-refractivity contribution is -0.113. The van der Waals surface area contributed by atoms with Crippen LogP contribution in [0.1, 0.15) is 0 Å². The number of fused-ring (bicyclic) bond motifs is 1. The molecule has 1 heterocycles. The Labute approximate surface area is 126 Å². The molecule has 0 unspecified atom stereocenters. The van der Waals surface area contributed by atoms with Crippen molar-refractivity contribution < 1.29 is 4.79 Å². The van der Waals surface area contributed by atoms with Gasteiger partial charge in [0.1, 0.15) is 5.88 Å². The third-order valence-corrected chi connectivity index (χ3v) is 4.48. The minimum atomic E-state index is -0.188. The predicted molar refractivity (Wildman–Crippen MR) is 86.6 cm³/mol. The molecular formula is C16H12ClNOS. The Balaban J connectivity index is 2.20. The number of carbonyl (C=O) groups excluding carboxylic acids is 1. The SMILES string of the molecule is O=C(CCl)Nc1c(-c2ccccc2)sc2ccccc12. The Morgan fingerprint density at radius 1 is 1.05 bits per heavy atom. The summed E-state index contributed by atoms with van der Waals surface area (Å²) < 4.78 is 1.15. The van der Waals surface area contributed by atoms with E-state index in [0.29, 0.717) is 0 Å². The van der Waals surface area contributed by atoms with Crippen LogP contribution in [0.3, 0.4) is 0 Å². The molecule has 3 rings (SSSR count). The number of nitrogens with one attached hydrogen (secondary N) is 1. The lowest BCUT2D eigenvalue weighted by Crippen LogP contribution is -2.12. The molecule has 0 aliphatic rings. The van der Waals surface area contributed by atoms with Crippen molar-refractivity contribution in [1.82, 2.24) is 0 Å². The maximum absolute atomic E-state index is 11.7. The molecular weight excluding hydrogens is 290 g/mol. The zero-order valence-corrected chi connectivity index (χ0v) is 12.2. The van der Waals surface area contributed by atoms with Crippen LogP contribution < -0.4 is 5.32 Å². The molecule has 0 saturated carbocycles. The summed E-state index contributed by atoms with van der Waals surface area (Å²) in [6, 6.07) is 18.1. The zero-order valence-electron chi connectivity index (χ0n) is 10.6. The number of anilines is 1. The van der Waals surface area contributed by atoms with Gasteiger partial charge in [0.25, 0.3) is 0 Å². The zero-order chi connectivity index (χ0) is 13.9. The molecule has 0 aliphatic heterocycles. The van der Waals surface area contributed by atoms with Crippen LogP contribution in [-0.4, -0.2) is 11.8 Å². The lowest BCUT2D eigenvalue weighted by atomic mass is 10.1. The monoisotopic (exact) mass is 301 g/mol. The number of hydrogen-bond donors (Lipinski definition) is 1. The molecule has 20 heavy (non-hydrogen) atoms. The van der Waals surface area contributed by atoms with E-state index in [1.165, 1.54) is 0 Å². The summed E-state index contributed by atoms with van der Waals surface area (Å²) in [5.74, 6) is -0.231. The number of thiophene rings is 1. The molecule has 0 atom stereocenters. The minimum Gasteiger partial charge on any atom is -0.323 e. The number of hydrogen-bond acceptors (Lipinski definition) is 2. The second kappa shape index (κ2) is 5.65. The molecule has 1 aromatic heterocycles. The summed E-state index contributed by atoms with van der Waals surface area (Å²) in [6.45, 7) is 0. The van der Waals surface area contributed by atoms with Crippen molar-refractivity contribution in [2.24, 2.45) is 0 Å². The van der Waals surface area contributed by atoms with Crippen molar-refractivity contribution in [3.63, 3.8) is 0 Å². The smallest absolute Gasteiger partial charge is 0.239 e. The summed E-state index contributed by atoms with van der Waals surface area (Å²) in [7, 11) is 0. The Hall–Kier alpha value is -1.84. The van der Waals surface area contributed by atoms with Crippen molar-refractivity contribution in [1.29, 1.82) is 0 Å². The fourth-order valence-corrected chi connectivity index (χ4v) is 3.37. The number of rotatable bonds is 3. The Bertz CT molecular complexity index is 752. The number of halogens is 1. The van der Waals surface area contributed by atoms with E-state index in [9.17, 15) is 4.79 Å². The van der Waals surface area contributed by atoms with E-state index in [0.717, 1.165) is 26.2 Å². The first-order valence-electron chi connectivity index (χ1n) is 6.22. The van der Waals surface area contributed by atoms with Gasteiger partial charge in [0, 0.05) is 10.1 Å². The molecule has 4 heteroatoms. The number of benzene rings is 2. The van der Waals surface area contributed by atoms with Crippen LogP contribution in [0.5, 0.6) is 0 Å². The minimum absolute atomic E-state index is 0.0433. The fourth-order valence-electron chi connectivity index (χ4n) is 2.14. The van der Waals surface area contributed by atoms with Crippen molar-refractivity contribution in [2.45, 2.75) is 0 Å². The van der Waals surface area contributed by atoms with Crippen LogP contribution in [-0.2, 0) is 4.79 Å². The first-order chi connectivity index (χ1) is 9.79. The van der Waals surface area contributed by atoms with E-state index in [2.05, 4.69) is 11.4 Å². The van der Waals surface area contributed by atoms with Crippen molar-refractivity contribution >= 4 is 44.6 Å². The van der Waals surface area contributed by atoms with Gasteiger partial charge in [-0.25, -0.2) is 0 Å². The lowest BCUT2D eigenvalue weighted by Gasteiger charge is -2.06. The molecule has 0 saturated heterocycles. The average molecular weight is 302 g/mol. The Morgan fingerprint density at radius 3 is 2.50 bits per heavy atom. The van der Waals surface area contributed by atoms with E-state index in [-0.39, 0.29) is 11.8 Å². The largest absolute Gasteiger partial charge is 0.323 e. The summed E-state index contributed by atoms with van der Waals surface area (Å²) >= 11 is 7.28. The van der Waals surface area contributed by atoms with E-state index in [1.54, 1.807) is 11.3 Å². The normalized spacial score (nSPS) is 10.7. The molecule has 2 nitrogen and oxygen atoms in total. The predicted octanol–water partition coefficient (Wildman–Crippen LogP) is 4.75. The van der Waals surface area contributed by atoms with Gasteiger partial charge < -0.3 is 5.32 Å². The highest BCUT2D eigenvalue weighted by molar-refractivity contribution is 7.23. The molecule has 1 amide bonds. The highest BCUT2D eigenvalue weighted by atomic mass is 35.5. The van der Waals surface area contributed by atoms with Crippen LogP contribution in [0.4, 0.5) is 5.69 Å². The van der Waals surface area contributed by atoms with Crippen LogP contribution >= 0.6 is 22.9 Å². The fraction of sp³-hybridized carbons (Fsp3) is 0.0625. The first kappa shape index (κ1) is 13.2. The highest BCUT2D eigenvalue weighted by Gasteiger charge is 2.15. The second-order valence-electron chi connectivity index (χ2n) is 4.35. The third-order valence-electron chi connectivity index (χ3n) is 3.02. The Morgan fingerprint density at radius 2 is 1.75 bits per heavy atom. The molecule has 0 radical (unpaired) electrons. The van der Waals surface area contributed by atoms with Gasteiger partial charge in [-0.2, -0.15) is 0 Å². The molecule has 2 aromatic carbocycles. The standard InChI is InChI=1S/C16H12ClNOS/c17-10-14(19)18-15-12-8-4-5-9-13(12)20-16(15)11-6-2-1-3-7-11/h1-9H,10H2,(H,18,19). The van der Waals surface area contributed by atoms with Crippen LogP contribution in [0.2, 0.25) is 0 Å². The van der Waals surface area contributed by atoms with Gasteiger partial charge in [-0.1, -0.05) is 48.5 Å². The van der Waals surface area contributed by atoms with Gasteiger partial charge in [0.2, 0.25) is 5.91 Å². The van der Waals surface area contributed by atoms with Gasteiger partial charge in [-0.15, -0.1) is 22.9 Å². The van der Waals surface area contributed by atoms with Gasteiger partial charge in [0.15, 0.2) is 0 Å². The molecule has 3 aromatic rings. The van der Waals surface area contributed by atoms with Crippen molar-refractivity contribution in [3.8, 4) is 10.4 Å². The summed E-state index contributed by atoms with van der Waals surface area (Å²) in [5.41, 5.74) is 1.95. The van der Waals surface area contributed by atoms with E-state index in [4.69, 9.17) is 11.6 Å². The van der Waals surface area contributed by atoms with Gasteiger partial charge in [0.05, 0.1) is 10.6 Å². The molecule has 0 fully saturated rings. The van der Waals surface area contributed by atoms with Crippen molar-refractivity contribution in [2.75, 3.05) is 11.2 Å². The quantitative estimate of drug-likeness (QED) is 0.695. The van der Waals surface area contributed by atoms with Gasteiger partial charge in [-0.05, 0) is 11.6 Å². The number of carbonyl (C=O) groups is 1. The molecule has 0 bridgehead atoms. The maximum Gasteiger partial charge on any atom is 0.239 e. The van der Waals surface area contributed by atoms with E-state index >= 15 is 0 Å².